The summed E-state index contributed by atoms with van der Waals surface area (Å²) in [6, 6.07) is 20.4. The van der Waals surface area contributed by atoms with E-state index in [4.69, 9.17) is 0 Å². The van der Waals surface area contributed by atoms with Gasteiger partial charge in [-0.25, -0.2) is 8.42 Å². The minimum absolute atomic E-state index is 0.0603. The van der Waals surface area contributed by atoms with Gasteiger partial charge in [0.25, 0.3) is 10.0 Å². The number of benzene rings is 3. The number of fused-ring (bicyclic) bond motifs is 1. The zero-order chi connectivity index (χ0) is 22.7. The van der Waals surface area contributed by atoms with Gasteiger partial charge >= 0.3 is 0 Å². The van der Waals surface area contributed by atoms with Crippen molar-refractivity contribution in [3.63, 3.8) is 0 Å². The third-order valence-corrected chi connectivity index (χ3v) is 7.84. The second kappa shape index (κ2) is 9.17. The summed E-state index contributed by atoms with van der Waals surface area (Å²) in [6.45, 7) is 4.54. The van der Waals surface area contributed by atoms with Crippen LogP contribution >= 0.6 is 0 Å². The van der Waals surface area contributed by atoms with E-state index < -0.39 is 10.0 Å². The lowest BCUT2D eigenvalue weighted by atomic mass is 10.0. The minimum atomic E-state index is -3.62. The second-order valence-corrected chi connectivity index (χ2v) is 10.2. The van der Waals surface area contributed by atoms with Crippen molar-refractivity contribution in [1.82, 2.24) is 0 Å². The largest absolute Gasteiger partial charge is 0.326 e. The molecule has 0 aromatic heterocycles. The quantitative estimate of drug-likeness (QED) is 0.576. The highest BCUT2D eigenvalue weighted by Crippen LogP contribution is 2.31. The van der Waals surface area contributed by atoms with E-state index in [1.807, 2.05) is 56.3 Å². The molecule has 0 spiro atoms. The van der Waals surface area contributed by atoms with Crippen LogP contribution in [0.15, 0.2) is 71.6 Å². The van der Waals surface area contributed by atoms with Gasteiger partial charge in [-0.15, -0.1) is 0 Å². The van der Waals surface area contributed by atoms with Crippen molar-refractivity contribution < 1.29 is 13.2 Å². The standard InChI is InChI=1S/C26H28N2O3S/c1-19-9-13-23(18-20(19)2)27-26(29)16-12-21-10-14-24(15-11-21)32(30,31)28-17-5-7-22-6-3-4-8-25(22)28/h3-4,6,8-11,13-15,18H,5,7,12,16-17H2,1-2H3,(H,27,29). The molecule has 1 heterocycles. The van der Waals surface area contributed by atoms with Crippen molar-refractivity contribution in [2.24, 2.45) is 0 Å². The lowest BCUT2D eigenvalue weighted by molar-refractivity contribution is -0.116. The van der Waals surface area contributed by atoms with Crippen LogP contribution in [0.3, 0.4) is 0 Å². The van der Waals surface area contributed by atoms with Gasteiger partial charge in [0.2, 0.25) is 5.91 Å². The van der Waals surface area contributed by atoms with Gasteiger partial charge in [0.05, 0.1) is 10.6 Å². The summed E-state index contributed by atoms with van der Waals surface area (Å²) in [4.78, 5) is 12.6. The fourth-order valence-corrected chi connectivity index (χ4v) is 5.55. The second-order valence-electron chi connectivity index (χ2n) is 8.30. The first kappa shape index (κ1) is 22.1. The molecule has 0 saturated carbocycles. The Bertz CT molecular complexity index is 1230. The van der Waals surface area contributed by atoms with Crippen LogP contribution in [-0.4, -0.2) is 20.9 Å². The van der Waals surface area contributed by atoms with Crippen LogP contribution in [0.25, 0.3) is 0 Å². The van der Waals surface area contributed by atoms with Crippen LogP contribution in [-0.2, 0) is 27.7 Å². The highest BCUT2D eigenvalue weighted by atomic mass is 32.2. The molecule has 3 aromatic rings. The molecule has 0 fully saturated rings. The summed E-state index contributed by atoms with van der Waals surface area (Å²) < 4.78 is 28.0. The van der Waals surface area contributed by atoms with E-state index in [1.165, 1.54) is 9.87 Å². The van der Waals surface area contributed by atoms with E-state index in [9.17, 15) is 13.2 Å². The van der Waals surface area contributed by atoms with Gasteiger partial charge in [0.1, 0.15) is 0 Å². The predicted molar refractivity (Wildman–Crippen MR) is 129 cm³/mol. The first-order valence-electron chi connectivity index (χ1n) is 10.9. The molecule has 5 nitrogen and oxygen atoms in total. The third kappa shape index (κ3) is 4.70. The Morgan fingerprint density at radius 2 is 1.72 bits per heavy atom. The van der Waals surface area contributed by atoms with Crippen molar-refractivity contribution in [2.45, 2.75) is 44.4 Å². The van der Waals surface area contributed by atoms with Crippen molar-refractivity contribution in [1.29, 1.82) is 0 Å². The van der Waals surface area contributed by atoms with E-state index in [0.717, 1.165) is 40.9 Å². The summed E-state index contributed by atoms with van der Waals surface area (Å²) in [5.41, 5.74) is 5.88. The molecule has 1 aliphatic heterocycles. The molecule has 1 amide bonds. The molecule has 3 aromatic carbocycles. The molecule has 0 saturated heterocycles. The molecule has 1 aliphatic rings. The van der Waals surface area contributed by atoms with Gasteiger partial charge in [-0.1, -0.05) is 36.4 Å². The topological polar surface area (TPSA) is 66.5 Å². The summed E-state index contributed by atoms with van der Waals surface area (Å²) in [6.07, 6.45) is 2.58. The van der Waals surface area contributed by atoms with Crippen molar-refractivity contribution in [2.75, 3.05) is 16.2 Å². The summed E-state index contributed by atoms with van der Waals surface area (Å²) in [5, 5.41) is 2.93. The number of carbonyl (C=O) groups is 1. The lowest BCUT2D eigenvalue weighted by Gasteiger charge is -2.30. The maximum absolute atomic E-state index is 13.2. The Hall–Kier alpha value is -3.12. The predicted octanol–water partition coefficient (Wildman–Crippen LogP) is 5.02. The van der Waals surface area contributed by atoms with Crippen LogP contribution in [0.5, 0.6) is 0 Å². The van der Waals surface area contributed by atoms with Gasteiger partial charge in [0.15, 0.2) is 0 Å². The number of rotatable bonds is 6. The van der Waals surface area contributed by atoms with Crippen LogP contribution in [0.4, 0.5) is 11.4 Å². The first-order chi connectivity index (χ1) is 15.3. The van der Waals surface area contributed by atoms with E-state index in [2.05, 4.69) is 5.32 Å². The van der Waals surface area contributed by atoms with Crippen LogP contribution in [0.2, 0.25) is 0 Å². The number of amides is 1. The number of nitrogens with zero attached hydrogens (tertiary/aromatic N) is 1. The average molecular weight is 449 g/mol. The minimum Gasteiger partial charge on any atom is -0.326 e. The Morgan fingerprint density at radius 3 is 2.47 bits per heavy atom. The first-order valence-corrected chi connectivity index (χ1v) is 12.4. The monoisotopic (exact) mass is 448 g/mol. The SMILES string of the molecule is Cc1ccc(NC(=O)CCc2ccc(S(=O)(=O)N3CCCc4ccccc43)cc2)cc1C. The number of nitrogens with one attached hydrogen (secondary N) is 1. The maximum atomic E-state index is 13.2. The van der Waals surface area contributed by atoms with E-state index in [-0.39, 0.29) is 10.8 Å². The number of aryl methyl sites for hydroxylation is 4. The van der Waals surface area contributed by atoms with E-state index >= 15 is 0 Å². The fraction of sp³-hybridized carbons (Fsp3) is 0.269. The van der Waals surface area contributed by atoms with E-state index in [1.54, 1.807) is 24.3 Å². The normalized spacial score (nSPS) is 13.5. The molecule has 166 valence electrons. The molecular weight excluding hydrogens is 420 g/mol. The highest BCUT2D eigenvalue weighted by Gasteiger charge is 2.28. The third-order valence-electron chi connectivity index (χ3n) is 6.01. The number of anilines is 2. The smallest absolute Gasteiger partial charge is 0.264 e. The van der Waals surface area contributed by atoms with Crippen LogP contribution < -0.4 is 9.62 Å². The Labute approximate surface area is 190 Å². The molecule has 0 radical (unpaired) electrons. The van der Waals surface area contributed by atoms with Crippen LogP contribution in [0.1, 0.15) is 35.1 Å². The number of para-hydroxylation sites is 1. The van der Waals surface area contributed by atoms with E-state index in [0.29, 0.717) is 19.4 Å². The molecule has 1 N–H and O–H groups in total. The number of sulfonamides is 1. The summed E-state index contributed by atoms with van der Waals surface area (Å²) in [7, 11) is -3.62. The van der Waals surface area contributed by atoms with Crippen molar-refractivity contribution >= 4 is 27.3 Å². The summed E-state index contributed by atoms with van der Waals surface area (Å²) in [5.74, 6) is -0.0603. The van der Waals surface area contributed by atoms with Gasteiger partial charge in [-0.2, -0.15) is 0 Å². The maximum Gasteiger partial charge on any atom is 0.264 e. The number of carbonyl (C=O) groups excluding carboxylic acids is 1. The number of hydrogen-bond acceptors (Lipinski definition) is 3. The average Bonchev–Trinajstić information content (AvgIpc) is 2.80. The molecule has 0 bridgehead atoms. The fourth-order valence-electron chi connectivity index (χ4n) is 4.00. The van der Waals surface area contributed by atoms with Gasteiger partial charge < -0.3 is 5.32 Å². The number of hydrogen-bond donors (Lipinski definition) is 1. The van der Waals surface area contributed by atoms with Crippen LogP contribution in [0, 0.1) is 13.8 Å². The Kier molecular flexibility index (Phi) is 6.33. The summed E-state index contributed by atoms with van der Waals surface area (Å²) >= 11 is 0. The molecule has 32 heavy (non-hydrogen) atoms. The molecule has 0 aliphatic carbocycles. The Morgan fingerprint density at radius 1 is 0.969 bits per heavy atom. The van der Waals surface area contributed by atoms with Gasteiger partial charge in [-0.05, 0) is 85.7 Å². The molecule has 0 atom stereocenters. The Balaban J connectivity index is 1.41. The van der Waals surface area contributed by atoms with Crippen molar-refractivity contribution in [3.05, 3.63) is 89.0 Å². The van der Waals surface area contributed by atoms with Gasteiger partial charge in [-0.3, -0.25) is 9.10 Å². The molecular formula is C26H28N2O3S. The highest BCUT2D eigenvalue weighted by molar-refractivity contribution is 7.92. The lowest BCUT2D eigenvalue weighted by Crippen LogP contribution is -2.35. The van der Waals surface area contributed by atoms with Gasteiger partial charge in [0, 0.05) is 18.7 Å². The van der Waals surface area contributed by atoms with Crippen molar-refractivity contribution in [3.8, 4) is 0 Å². The zero-order valence-corrected chi connectivity index (χ0v) is 19.3. The molecule has 4 rings (SSSR count). The molecule has 0 unspecified atom stereocenters. The zero-order valence-electron chi connectivity index (χ0n) is 18.5. The molecule has 6 heteroatoms.